The topological polar surface area (TPSA) is 38.2 Å². The maximum atomic E-state index is 13.4. The number of aromatic nitrogens is 2. The van der Waals surface area contributed by atoms with Gasteiger partial charge >= 0.3 is 12.2 Å². The monoisotopic (exact) mass is 385 g/mol. The molecule has 0 N–H and O–H groups in total. The van der Waals surface area contributed by atoms with E-state index in [1.807, 2.05) is 0 Å². The lowest BCUT2D eigenvalue weighted by atomic mass is 9.98. The molecule has 0 spiro atoms. The van der Waals surface area contributed by atoms with Crippen LogP contribution in [-0.4, -0.2) is 23.1 Å². The van der Waals surface area contributed by atoms with Crippen LogP contribution in [0.25, 0.3) is 0 Å². The molecule has 0 unspecified atom stereocenters. The van der Waals surface area contributed by atoms with Crippen molar-refractivity contribution in [3.8, 4) is 6.01 Å². The summed E-state index contributed by atoms with van der Waals surface area (Å²) in [5, 5.41) is 0.427. The highest BCUT2D eigenvalue weighted by Gasteiger charge is 2.37. The largest absolute Gasteiger partial charge is 0.460 e. The van der Waals surface area contributed by atoms with Gasteiger partial charge in [0.05, 0.1) is 0 Å². The van der Waals surface area contributed by atoms with Crippen LogP contribution in [0, 0.1) is 0 Å². The molecule has 0 saturated heterocycles. The molecule has 26 heavy (non-hydrogen) atoms. The lowest BCUT2D eigenvalue weighted by Gasteiger charge is -2.25. The van der Waals surface area contributed by atoms with Crippen LogP contribution in [0.5, 0.6) is 6.01 Å². The molecule has 0 atom stereocenters. The van der Waals surface area contributed by atoms with Crippen LogP contribution in [0.2, 0.25) is 5.02 Å². The molecular formula is C18H19ClF3N3O. The van der Waals surface area contributed by atoms with E-state index in [1.54, 1.807) is 24.3 Å². The first-order valence-electron chi connectivity index (χ1n) is 8.45. The Balaban J connectivity index is 1.95. The molecule has 2 aromatic rings. The van der Waals surface area contributed by atoms with Crippen molar-refractivity contribution in [1.82, 2.24) is 9.97 Å². The van der Waals surface area contributed by atoms with Gasteiger partial charge in [-0.05, 0) is 43.9 Å². The SMILES string of the molecule is CN(c1cccc(Cl)c1)c1nc(OC2CCCCC2)ncc1C(F)(F)F. The van der Waals surface area contributed by atoms with Gasteiger partial charge in [0.15, 0.2) is 5.82 Å². The number of rotatable bonds is 4. The van der Waals surface area contributed by atoms with Crippen LogP contribution in [0.4, 0.5) is 24.7 Å². The van der Waals surface area contributed by atoms with Gasteiger partial charge in [-0.1, -0.05) is 24.1 Å². The van der Waals surface area contributed by atoms with Crippen LogP contribution in [0.1, 0.15) is 37.7 Å². The quantitative estimate of drug-likeness (QED) is 0.683. The fourth-order valence-electron chi connectivity index (χ4n) is 3.01. The number of nitrogens with zero attached hydrogens (tertiary/aromatic N) is 3. The molecule has 1 heterocycles. The highest BCUT2D eigenvalue weighted by Crippen LogP contribution is 2.38. The summed E-state index contributed by atoms with van der Waals surface area (Å²) < 4.78 is 46.0. The maximum absolute atomic E-state index is 13.4. The highest BCUT2D eigenvalue weighted by molar-refractivity contribution is 6.30. The maximum Gasteiger partial charge on any atom is 0.421 e. The third-order valence-electron chi connectivity index (χ3n) is 4.39. The minimum atomic E-state index is -4.58. The number of benzene rings is 1. The van der Waals surface area contributed by atoms with E-state index < -0.39 is 11.7 Å². The van der Waals surface area contributed by atoms with E-state index in [2.05, 4.69) is 9.97 Å². The van der Waals surface area contributed by atoms with Gasteiger partial charge in [0.1, 0.15) is 11.7 Å². The zero-order valence-corrected chi connectivity index (χ0v) is 15.0. The van der Waals surface area contributed by atoms with E-state index in [4.69, 9.17) is 16.3 Å². The van der Waals surface area contributed by atoms with Crippen molar-refractivity contribution in [2.45, 2.75) is 44.4 Å². The second-order valence-electron chi connectivity index (χ2n) is 6.30. The summed E-state index contributed by atoms with van der Waals surface area (Å²) >= 11 is 5.96. The zero-order valence-electron chi connectivity index (χ0n) is 14.3. The molecule has 8 heteroatoms. The van der Waals surface area contributed by atoms with Gasteiger partial charge in [-0.3, -0.25) is 0 Å². The van der Waals surface area contributed by atoms with Crippen LogP contribution in [0.15, 0.2) is 30.5 Å². The summed E-state index contributed by atoms with van der Waals surface area (Å²) in [5.74, 6) is -0.263. The highest BCUT2D eigenvalue weighted by atomic mass is 35.5. The first kappa shape index (κ1) is 18.8. The first-order chi connectivity index (χ1) is 12.3. The number of hydrogen-bond acceptors (Lipinski definition) is 4. The molecule has 0 bridgehead atoms. The van der Waals surface area contributed by atoms with Crippen molar-refractivity contribution in [3.63, 3.8) is 0 Å². The van der Waals surface area contributed by atoms with E-state index in [0.717, 1.165) is 38.3 Å². The molecule has 3 rings (SSSR count). The number of halogens is 4. The third-order valence-corrected chi connectivity index (χ3v) is 4.62. The van der Waals surface area contributed by atoms with Gasteiger partial charge in [-0.15, -0.1) is 0 Å². The molecule has 1 aromatic heterocycles. The molecule has 1 aliphatic rings. The number of hydrogen-bond donors (Lipinski definition) is 0. The van der Waals surface area contributed by atoms with Crippen LogP contribution in [0.3, 0.4) is 0 Å². The Morgan fingerprint density at radius 3 is 2.58 bits per heavy atom. The van der Waals surface area contributed by atoms with Gasteiger partial charge in [0.2, 0.25) is 0 Å². The molecule has 140 valence electrons. The van der Waals surface area contributed by atoms with Gasteiger partial charge in [0, 0.05) is 24.0 Å². The van der Waals surface area contributed by atoms with E-state index in [-0.39, 0.29) is 17.9 Å². The van der Waals surface area contributed by atoms with E-state index in [1.165, 1.54) is 11.9 Å². The predicted molar refractivity (Wildman–Crippen MR) is 94.1 cm³/mol. The molecule has 1 aliphatic carbocycles. The Morgan fingerprint density at radius 1 is 1.19 bits per heavy atom. The normalized spacial score (nSPS) is 15.7. The lowest BCUT2D eigenvalue weighted by molar-refractivity contribution is -0.137. The molecule has 1 aromatic carbocycles. The smallest absolute Gasteiger partial charge is 0.421 e. The first-order valence-corrected chi connectivity index (χ1v) is 8.82. The summed E-state index contributed by atoms with van der Waals surface area (Å²) in [4.78, 5) is 9.19. The van der Waals surface area contributed by atoms with Crippen molar-refractivity contribution < 1.29 is 17.9 Å². The average Bonchev–Trinajstić information content (AvgIpc) is 2.61. The fraction of sp³-hybridized carbons (Fsp3) is 0.444. The molecule has 0 radical (unpaired) electrons. The van der Waals surface area contributed by atoms with Crippen LogP contribution in [-0.2, 0) is 6.18 Å². The molecule has 0 amide bonds. The number of ether oxygens (including phenoxy) is 1. The van der Waals surface area contributed by atoms with Gasteiger partial charge in [-0.25, -0.2) is 4.98 Å². The second kappa shape index (κ2) is 7.70. The summed E-state index contributed by atoms with van der Waals surface area (Å²) in [6.07, 6.45) is 1.11. The van der Waals surface area contributed by atoms with Crippen molar-refractivity contribution in [3.05, 3.63) is 41.0 Å². The average molecular weight is 386 g/mol. The zero-order chi connectivity index (χ0) is 18.7. The van der Waals surface area contributed by atoms with E-state index >= 15 is 0 Å². The minimum absolute atomic E-state index is 0.0335. The summed E-state index contributed by atoms with van der Waals surface area (Å²) in [5.41, 5.74) is -0.429. The van der Waals surface area contributed by atoms with Gasteiger partial charge < -0.3 is 9.64 Å². The van der Waals surface area contributed by atoms with E-state index in [9.17, 15) is 13.2 Å². The van der Waals surface area contributed by atoms with Crippen molar-refractivity contribution in [2.75, 3.05) is 11.9 Å². The Bertz CT molecular complexity index is 764. The standard InChI is InChI=1S/C18H19ClF3N3O/c1-25(13-7-5-6-12(19)10-13)16-15(18(20,21)22)11-23-17(24-16)26-14-8-3-2-4-9-14/h5-7,10-11,14H,2-4,8-9H2,1H3. The van der Waals surface area contributed by atoms with Crippen molar-refractivity contribution in [2.24, 2.45) is 0 Å². The Hall–Kier alpha value is -2.02. The van der Waals surface area contributed by atoms with Crippen LogP contribution >= 0.6 is 11.6 Å². The van der Waals surface area contributed by atoms with Crippen molar-refractivity contribution in [1.29, 1.82) is 0 Å². The minimum Gasteiger partial charge on any atom is -0.460 e. The summed E-state index contributed by atoms with van der Waals surface area (Å²) in [6.45, 7) is 0. The Kier molecular flexibility index (Phi) is 5.55. The Morgan fingerprint density at radius 2 is 1.92 bits per heavy atom. The summed E-state index contributed by atoms with van der Waals surface area (Å²) in [6, 6.07) is 6.53. The van der Waals surface area contributed by atoms with E-state index in [0.29, 0.717) is 10.7 Å². The third kappa shape index (κ3) is 4.38. The number of anilines is 2. The summed E-state index contributed by atoms with van der Waals surface area (Å²) in [7, 11) is 1.51. The Labute approximate surface area is 155 Å². The lowest BCUT2D eigenvalue weighted by Crippen LogP contribution is -2.23. The second-order valence-corrected chi connectivity index (χ2v) is 6.74. The molecule has 1 fully saturated rings. The molecule has 4 nitrogen and oxygen atoms in total. The van der Waals surface area contributed by atoms with Gasteiger partial charge in [0.25, 0.3) is 0 Å². The predicted octanol–water partition coefficient (Wildman–Crippen LogP) is 5.63. The van der Waals surface area contributed by atoms with Crippen molar-refractivity contribution >= 4 is 23.1 Å². The molecular weight excluding hydrogens is 367 g/mol. The van der Waals surface area contributed by atoms with Gasteiger partial charge in [-0.2, -0.15) is 18.2 Å². The molecule has 0 aliphatic heterocycles. The van der Waals surface area contributed by atoms with Crippen LogP contribution < -0.4 is 9.64 Å². The molecule has 1 saturated carbocycles. The fourth-order valence-corrected chi connectivity index (χ4v) is 3.19. The number of alkyl halides is 3.